The van der Waals surface area contributed by atoms with Crippen LogP contribution in [0, 0.1) is 41.9 Å². The summed E-state index contributed by atoms with van der Waals surface area (Å²) in [6.45, 7) is 8.09. The molecule has 46 heavy (non-hydrogen) atoms. The van der Waals surface area contributed by atoms with Gasteiger partial charge in [0.05, 0.1) is 17.9 Å². The first kappa shape index (κ1) is 38.8. The van der Waals surface area contributed by atoms with Crippen LogP contribution in [-0.2, 0) is 19.6 Å². The van der Waals surface area contributed by atoms with Gasteiger partial charge < -0.3 is 15.3 Å². The average molecular weight is 665 g/mol. The minimum atomic E-state index is -3.56. The van der Waals surface area contributed by atoms with E-state index in [1.807, 2.05) is 11.8 Å². The van der Waals surface area contributed by atoms with E-state index in [0.29, 0.717) is 51.2 Å². The van der Waals surface area contributed by atoms with Gasteiger partial charge in [-0.25, -0.2) is 13.4 Å². The third-order valence-electron chi connectivity index (χ3n) is 10.4. The number of carbonyl (C=O) groups excluding carboxylic acids is 2. The summed E-state index contributed by atoms with van der Waals surface area (Å²) in [5.74, 6) is 2.61. The van der Waals surface area contributed by atoms with Crippen LogP contribution in [0.4, 0.5) is 0 Å². The maximum atomic E-state index is 13.9. The number of terminal acetylenes is 1. The van der Waals surface area contributed by atoms with Crippen molar-refractivity contribution in [1.82, 2.24) is 20.1 Å². The van der Waals surface area contributed by atoms with E-state index in [4.69, 9.17) is 6.42 Å². The average Bonchev–Trinajstić information content (AvgIpc) is 3.04. The molecule has 0 heterocycles. The van der Waals surface area contributed by atoms with Gasteiger partial charge in [0, 0.05) is 43.9 Å². The Balaban J connectivity index is 1.72. The van der Waals surface area contributed by atoms with Gasteiger partial charge in [0.25, 0.3) is 0 Å². The highest BCUT2D eigenvalue weighted by Crippen LogP contribution is 2.35. The Morgan fingerprint density at radius 1 is 0.848 bits per heavy atom. The minimum Gasteiger partial charge on any atom is -0.390 e. The van der Waals surface area contributed by atoms with Crippen LogP contribution < -0.4 is 10.1 Å². The fourth-order valence-corrected chi connectivity index (χ4v) is 9.68. The van der Waals surface area contributed by atoms with Crippen molar-refractivity contribution < 1.29 is 23.1 Å². The van der Waals surface area contributed by atoms with Crippen LogP contribution in [0.5, 0.6) is 0 Å². The summed E-state index contributed by atoms with van der Waals surface area (Å²) in [5.41, 5.74) is 0. The summed E-state index contributed by atoms with van der Waals surface area (Å²) in [6.07, 6.45) is 20.5. The van der Waals surface area contributed by atoms with E-state index in [1.165, 1.54) is 12.8 Å². The van der Waals surface area contributed by atoms with Gasteiger partial charge >= 0.3 is 0 Å². The Bertz CT molecular complexity index is 1060. The zero-order chi connectivity index (χ0) is 33.5. The molecule has 5 unspecified atom stereocenters. The van der Waals surface area contributed by atoms with E-state index in [-0.39, 0.29) is 41.9 Å². The summed E-state index contributed by atoms with van der Waals surface area (Å²) in [6, 6.07) is -0.519. The predicted molar refractivity (Wildman–Crippen MR) is 185 cm³/mol. The summed E-state index contributed by atoms with van der Waals surface area (Å²) < 4.78 is 26.3. The highest BCUT2D eigenvalue weighted by molar-refractivity contribution is 7.89. The fraction of sp³-hybridized carbons (Fsp3) is 0.889. The Morgan fingerprint density at radius 2 is 1.41 bits per heavy atom. The lowest BCUT2D eigenvalue weighted by atomic mass is 9.74. The maximum absolute atomic E-state index is 13.9. The molecule has 264 valence electrons. The third-order valence-corrected chi connectivity index (χ3v) is 11.9. The summed E-state index contributed by atoms with van der Waals surface area (Å²) in [4.78, 5) is 32.2. The van der Waals surface area contributed by atoms with Gasteiger partial charge in [-0.1, -0.05) is 72.1 Å². The number of nitrogens with one attached hydrogen (secondary N) is 2. The number of carbonyl (C=O) groups is 2. The monoisotopic (exact) mass is 664 g/mol. The molecule has 5 atom stereocenters. The molecule has 3 N–H and O–H groups in total. The van der Waals surface area contributed by atoms with Gasteiger partial charge in [0.1, 0.15) is 0 Å². The van der Waals surface area contributed by atoms with Crippen LogP contribution in [0.15, 0.2) is 0 Å². The second-order valence-corrected chi connectivity index (χ2v) is 16.3. The molecule has 0 saturated heterocycles. The lowest BCUT2D eigenvalue weighted by molar-refractivity contribution is -0.139. The van der Waals surface area contributed by atoms with Crippen molar-refractivity contribution in [3.8, 4) is 12.3 Å². The molecule has 9 nitrogen and oxygen atoms in total. The fourth-order valence-electron chi connectivity index (χ4n) is 8.09. The van der Waals surface area contributed by atoms with Crippen LogP contribution in [-0.4, -0.2) is 79.3 Å². The van der Waals surface area contributed by atoms with E-state index >= 15 is 0 Å². The van der Waals surface area contributed by atoms with Crippen LogP contribution in [0.25, 0.3) is 0 Å². The molecule has 3 fully saturated rings. The number of hydrazine groups is 1. The summed E-state index contributed by atoms with van der Waals surface area (Å²) >= 11 is 0. The van der Waals surface area contributed by atoms with E-state index in [2.05, 4.69) is 29.9 Å². The summed E-state index contributed by atoms with van der Waals surface area (Å²) in [5, 5.41) is 16.5. The van der Waals surface area contributed by atoms with Crippen LogP contribution in [0.1, 0.15) is 130 Å². The Hall–Kier alpha value is -1.67. The predicted octanol–water partition coefficient (Wildman–Crippen LogP) is 5.24. The van der Waals surface area contributed by atoms with Crippen molar-refractivity contribution in [1.29, 1.82) is 0 Å². The van der Waals surface area contributed by atoms with Gasteiger partial charge in [-0.3, -0.25) is 9.59 Å². The normalized spacial score (nSPS) is 24.7. The molecule has 0 bridgehead atoms. The molecule has 0 aromatic carbocycles. The minimum absolute atomic E-state index is 0.0935. The van der Waals surface area contributed by atoms with Gasteiger partial charge in [0.2, 0.25) is 21.8 Å². The van der Waals surface area contributed by atoms with E-state index in [9.17, 15) is 23.1 Å². The number of aliphatic hydroxyl groups is 1. The van der Waals surface area contributed by atoms with Crippen LogP contribution in [0.2, 0.25) is 0 Å². The smallest absolute Gasteiger partial charge is 0.225 e. The second-order valence-electron chi connectivity index (χ2n) is 14.5. The molecular formula is C36H64N4O5S. The number of aliphatic hydroxyl groups excluding tert-OH is 1. The van der Waals surface area contributed by atoms with E-state index < -0.39 is 28.1 Å². The Morgan fingerprint density at radius 3 is 1.98 bits per heavy atom. The SMILES string of the molecule is C#CC1CC(C(=O)NC(CC2CCCCC2)C(O)CN(CCC)NS(=O)(=O)CC2CCCCC2)CC(C(=O)N(CCC)CCC)C1. The molecule has 0 aromatic heterocycles. The zero-order valence-corrected chi connectivity index (χ0v) is 29.9. The van der Waals surface area contributed by atoms with E-state index in [1.54, 1.807) is 5.01 Å². The molecular weight excluding hydrogens is 600 g/mol. The van der Waals surface area contributed by atoms with Gasteiger partial charge in [0.15, 0.2) is 0 Å². The van der Waals surface area contributed by atoms with Crippen molar-refractivity contribution >= 4 is 21.8 Å². The number of sulfonamides is 1. The Labute approximate surface area is 280 Å². The van der Waals surface area contributed by atoms with E-state index in [0.717, 1.165) is 70.6 Å². The highest BCUT2D eigenvalue weighted by atomic mass is 32.2. The first-order valence-electron chi connectivity index (χ1n) is 18.6. The standard InChI is InChI=1S/C36H64N4O5S/c1-5-19-39(20-6-2)36(43)32-23-28(8-4)22-31(25-32)35(42)37-33(24-29-15-11-9-12-16-29)34(41)26-40(21-7-3)38-46(44,45)27-30-17-13-10-14-18-30/h4,28-34,38,41H,5-7,9-27H2,1-3H3,(H,37,42). The topological polar surface area (TPSA) is 119 Å². The number of hydrogen-bond donors (Lipinski definition) is 3. The molecule has 2 amide bonds. The van der Waals surface area contributed by atoms with Gasteiger partial charge in [-0.2, -0.15) is 0 Å². The highest BCUT2D eigenvalue weighted by Gasteiger charge is 2.39. The molecule has 0 aromatic rings. The lowest BCUT2D eigenvalue weighted by Crippen LogP contribution is -2.55. The molecule has 0 aliphatic heterocycles. The zero-order valence-electron chi connectivity index (χ0n) is 29.1. The first-order chi connectivity index (χ1) is 22.1. The lowest BCUT2D eigenvalue weighted by Gasteiger charge is -2.37. The van der Waals surface area contributed by atoms with Gasteiger partial charge in [-0.05, 0) is 69.6 Å². The largest absolute Gasteiger partial charge is 0.390 e. The van der Waals surface area contributed by atoms with Crippen molar-refractivity contribution in [2.24, 2.45) is 29.6 Å². The van der Waals surface area contributed by atoms with Crippen molar-refractivity contribution in [3.63, 3.8) is 0 Å². The van der Waals surface area contributed by atoms with Crippen molar-refractivity contribution in [3.05, 3.63) is 0 Å². The quantitative estimate of drug-likeness (QED) is 0.136. The summed E-state index contributed by atoms with van der Waals surface area (Å²) in [7, 11) is -3.56. The van der Waals surface area contributed by atoms with Crippen LogP contribution in [0.3, 0.4) is 0 Å². The number of nitrogens with zero attached hydrogens (tertiary/aromatic N) is 2. The molecule has 3 saturated carbocycles. The first-order valence-corrected chi connectivity index (χ1v) is 20.2. The molecule has 0 radical (unpaired) electrons. The third kappa shape index (κ3) is 12.7. The molecule has 10 heteroatoms. The molecule has 3 rings (SSSR count). The van der Waals surface area contributed by atoms with Gasteiger partial charge in [-0.15, -0.1) is 17.2 Å². The Kier molecular flexibility index (Phi) is 16.8. The number of amides is 2. The number of hydrogen-bond acceptors (Lipinski definition) is 6. The maximum Gasteiger partial charge on any atom is 0.225 e. The van der Waals surface area contributed by atoms with Crippen molar-refractivity contribution in [2.45, 2.75) is 142 Å². The van der Waals surface area contributed by atoms with Crippen LogP contribution >= 0.6 is 0 Å². The molecule has 3 aliphatic carbocycles. The second kappa shape index (κ2) is 20.0. The van der Waals surface area contributed by atoms with Crippen molar-refractivity contribution in [2.75, 3.05) is 31.9 Å². The molecule has 0 spiro atoms. The number of rotatable bonds is 18. The molecule has 3 aliphatic rings.